The number of hydrogen-bond acceptors (Lipinski definition) is 5. The van der Waals surface area contributed by atoms with Crippen LogP contribution in [0, 0.1) is 17.5 Å². The summed E-state index contributed by atoms with van der Waals surface area (Å²) in [6.45, 7) is 0. The number of thiazole rings is 1. The van der Waals surface area contributed by atoms with Gasteiger partial charge in [-0.1, -0.05) is 0 Å². The third-order valence-electron chi connectivity index (χ3n) is 3.37. The Morgan fingerprint density at radius 3 is 2.22 bits per heavy atom. The van der Waals surface area contributed by atoms with Crippen LogP contribution >= 0.6 is 11.3 Å². The van der Waals surface area contributed by atoms with E-state index in [1.165, 1.54) is 24.3 Å². The molecule has 1 aromatic heterocycles. The molecule has 3 rings (SSSR count). The standard InChI is InChI=1S/C16H9F3N2O4S2/c17-10-3-1-8(2-4-10)15-20-7-13(26-15)27(24,25)21-14-11(18)5-9(16(22)23)6-12(14)19/h1-7,21H,(H,22,23). The molecule has 0 unspecified atom stereocenters. The fourth-order valence-corrected chi connectivity index (χ4v) is 4.30. The predicted octanol–water partition coefficient (Wildman–Crippen LogP) is 3.73. The molecule has 2 N–H and O–H groups in total. The van der Waals surface area contributed by atoms with E-state index in [9.17, 15) is 26.4 Å². The first-order chi connectivity index (χ1) is 12.7. The van der Waals surface area contributed by atoms with Crippen molar-refractivity contribution in [3.05, 3.63) is 65.6 Å². The number of carboxylic acids is 1. The molecule has 0 radical (unpaired) electrons. The molecule has 0 spiro atoms. The monoisotopic (exact) mass is 414 g/mol. The first-order valence-corrected chi connectivity index (χ1v) is 9.44. The lowest BCUT2D eigenvalue weighted by atomic mass is 10.2. The molecule has 0 amide bonds. The molecule has 0 atom stereocenters. The number of aromatic nitrogens is 1. The highest BCUT2D eigenvalue weighted by atomic mass is 32.2. The number of hydrogen-bond donors (Lipinski definition) is 2. The molecule has 0 aliphatic rings. The van der Waals surface area contributed by atoms with Crippen molar-refractivity contribution in [2.45, 2.75) is 4.21 Å². The average molecular weight is 414 g/mol. The maximum atomic E-state index is 13.9. The van der Waals surface area contributed by atoms with Crippen LogP contribution in [-0.2, 0) is 10.0 Å². The zero-order chi connectivity index (χ0) is 19.8. The molecule has 1 heterocycles. The molecule has 0 bridgehead atoms. The van der Waals surface area contributed by atoms with Crippen molar-refractivity contribution in [3.8, 4) is 10.6 Å². The van der Waals surface area contributed by atoms with Gasteiger partial charge in [0, 0.05) is 5.56 Å². The van der Waals surface area contributed by atoms with E-state index in [1.54, 1.807) is 4.72 Å². The van der Waals surface area contributed by atoms with Crippen molar-refractivity contribution in [1.82, 2.24) is 4.98 Å². The Morgan fingerprint density at radius 2 is 1.67 bits per heavy atom. The van der Waals surface area contributed by atoms with Crippen molar-refractivity contribution in [2.24, 2.45) is 0 Å². The van der Waals surface area contributed by atoms with Crippen molar-refractivity contribution in [3.63, 3.8) is 0 Å². The van der Waals surface area contributed by atoms with E-state index in [0.717, 1.165) is 6.20 Å². The van der Waals surface area contributed by atoms with Gasteiger partial charge in [0.15, 0.2) is 15.8 Å². The second-order valence-electron chi connectivity index (χ2n) is 5.22. The van der Waals surface area contributed by atoms with Crippen LogP contribution in [0.1, 0.15) is 10.4 Å². The molecule has 0 aliphatic heterocycles. The summed E-state index contributed by atoms with van der Waals surface area (Å²) in [6, 6.07) is 6.17. The predicted molar refractivity (Wildman–Crippen MR) is 91.6 cm³/mol. The van der Waals surface area contributed by atoms with Gasteiger partial charge in [0.1, 0.15) is 16.5 Å². The highest BCUT2D eigenvalue weighted by molar-refractivity contribution is 7.94. The lowest BCUT2D eigenvalue weighted by Crippen LogP contribution is -2.14. The van der Waals surface area contributed by atoms with E-state index in [-0.39, 0.29) is 9.22 Å². The first-order valence-electron chi connectivity index (χ1n) is 7.14. The number of anilines is 1. The number of carboxylic acid groups (broad SMARTS) is 1. The van der Waals surface area contributed by atoms with Gasteiger partial charge in [0.05, 0.1) is 11.8 Å². The summed E-state index contributed by atoms with van der Waals surface area (Å²) in [4.78, 5) is 14.7. The number of carbonyl (C=O) groups is 1. The summed E-state index contributed by atoms with van der Waals surface area (Å²) in [7, 11) is -4.38. The fourth-order valence-electron chi connectivity index (χ4n) is 2.09. The van der Waals surface area contributed by atoms with Crippen LogP contribution in [-0.4, -0.2) is 24.5 Å². The maximum absolute atomic E-state index is 13.9. The van der Waals surface area contributed by atoms with Gasteiger partial charge >= 0.3 is 5.97 Å². The van der Waals surface area contributed by atoms with Gasteiger partial charge < -0.3 is 5.11 Å². The van der Waals surface area contributed by atoms with E-state index in [2.05, 4.69) is 4.98 Å². The van der Waals surface area contributed by atoms with Gasteiger partial charge in [-0.3, -0.25) is 4.72 Å². The van der Waals surface area contributed by atoms with E-state index in [4.69, 9.17) is 5.11 Å². The van der Waals surface area contributed by atoms with Crippen molar-refractivity contribution in [1.29, 1.82) is 0 Å². The smallest absolute Gasteiger partial charge is 0.335 e. The Morgan fingerprint density at radius 1 is 1.07 bits per heavy atom. The Bertz CT molecular complexity index is 1110. The largest absolute Gasteiger partial charge is 0.478 e. The molecule has 11 heteroatoms. The van der Waals surface area contributed by atoms with Crippen LogP contribution < -0.4 is 4.72 Å². The number of nitrogens with one attached hydrogen (secondary N) is 1. The van der Waals surface area contributed by atoms with Crippen molar-refractivity contribution in [2.75, 3.05) is 4.72 Å². The quantitative estimate of drug-likeness (QED) is 0.663. The Labute approximate surface area is 155 Å². The van der Waals surface area contributed by atoms with Crippen LogP contribution in [0.4, 0.5) is 18.9 Å². The second-order valence-corrected chi connectivity index (χ2v) is 8.16. The summed E-state index contributed by atoms with van der Waals surface area (Å²) in [5, 5.41) is 9.02. The molecule has 0 saturated heterocycles. The zero-order valence-corrected chi connectivity index (χ0v) is 14.7. The number of halogens is 3. The molecule has 0 saturated carbocycles. The highest BCUT2D eigenvalue weighted by Crippen LogP contribution is 2.30. The molecule has 27 heavy (non-hydrogen) atoms. The lowest BCUT2D eigenvalue weighted by molar-refractivity contribution is 0.0696. The normalized spacial score (nSPS) is 11.4. The molecule has 6 nitrogen and oxygen atoms in total. The minimum atomic E-state index is -4.38. The molecule has 0 fully saturated rings. The van der Waals surface area contributed by atoms with Crippen LogP contribution in [0.5, 0.6) is 0 Å². The molecule has 0 aliphatic carbocycles. The van der Waals surface area contributed by atoms with E-state index in [1.807, 2.05) is 0 Å². The van der Waals surface area contributed by atoms with Crippen LogP contribution in [0.2, 0.25) is 0 Å². The molecule has 2 aromatic carbocycles. The van der Waals surface area contributed by atoms with E-state index < -0.39 is 44.7 Å². The van der Waals surface area contributed by atoms with Crippen LogP contribution in [0.3, 0.4) is 0 Å². The summed E-state index contributed by atoms with van der Waals surface area (Å²) in [5.41, 5.74) is -1.20. The van der Waals surface area contributed by atoms with Gasteiger partial charge in [-0.25, -0.2) is 31.4 Å². The molecule has 140 valence electrons. The maximum Gasteiger partial charge on any atom is 0.335 e. The summed E-state index contributed by atoms with van der Waals surface area (Å²) >= 11 is 0.715. The molecular formula is C16H9F3N2O4S2. The van der Waals surface area contributed by atoms with Gasteiger partial charge in [-0.15, -0.1) is 11.3 Å². The van der Waals surface area contributed by atoms with Gasteiger partial charge in [-0.05, 0) is 36.4 Å². The Hall–Kier alpha value is -2.92. The third-order valence-corrected chi connectivity index (χ3v) is 6.22. The molecular weight excluding hydrogens is 405 g/mol. The Balaban J connectivity index is 1.92. The van der Waals surface area contributed by atoms with E-state index in [0.29, 0.717) is 29.0 Å². The topological polar surface area (TPSA) is 96.4 Å². The second kappa shape index (κ2) is 7.00. The van der Waals surface area contributed by atoms with E-state index >= 15 is 0 Å². The summed E-state index contributed by atoms with van der Waals surface area (Å²) in [5.74, 6) is -4.78. The van der Waals surface area contributed by atoms with Crippen LogP contribution in [0.15, 0.2) is 46.8 Å². The zero-order valence-electron chi connectivity index (χ0n) is 13.1. The number of aromatic carboxylic acids is 1. The number of rotatable bonds is 5. The highest BCUT2D eigenvalue weighted by Gasteiger charge is 2.23. The van der Waals surface area contributed by atoms with Crippen LogP contribution in [0.25, 0.3) is 10.6 Å². The SMILES string of the molecule is O=C(O)c1cc(F)c(NS(=O)(=O)c2cnc(-c3ccc(F)cc3)s2)c(F)c1. The number of sulfonamides is 1. The minimum Gasteiger partial charge on any atom is -0.478 e. The summed E-state index contributed by atoms with van der Waals surface area (Å²) in [6.07, 6.45) is 0.993. The number of nitrogens with zero attached hydrogens (tertiary/aromatic N) is 1. The Kier molecular flexibility index (Phi) is 4.89. The lowest BCUT2D eigenvalue weighted by Gasteiger charge is -2.09. The molecule has 3 aromatic rings. The van der Waals surface area contributed by atoms with Crippen molar-refractivity contribution >= 4 is 33.0 Å². The third kappa shape index (κ3) is 3.93. The average Bonchev–Trinajstić information content (AvgIpc) is 3.09. The van der Waals surface area contributed by atoms with Gasteiger partial charge in [-0.2, -0.15) is 0 Å². The summed E-state index contributed by atoms with van der Waals surface area (Å²) < 4.78 is 67.0. The van der Waals surface area contributed by atoms with Gasteiger partial charge in [0.25, 0.3) is 10.0 Å². The van der Waals surface area contributed by atoms with Gasteiger partial charge in [0.2, 0.25) is 0 Å². The first kappa shape index (κ1) is 18.9. The fraction of sp³-hybridized carbons (Fsp3) is 0. The minimum absolute atomic E-state index is 0.262. The number of benzene rings is 2. The van der Waals surface area contributed by atoms with Crippen molar-refractivity contribution < 1.29 is 31.5 Å².